The summed E-state index contributed by atoms with van der Waals surface area (Å²) in [6.45, 7) is 4.82. The molecule has 0 aromatic heterocycles. The predicted octanol–water partition coefficient (Wildman–Crippen LogP) is 1.56. The minimum absolute atomic E-state index is 1.03. The normalized spacial score (nSPS) is 8.44. The quantitative estimate of drug-likeness (QED) is 0.414. The summed E-state index contributed by atoms with van der Waals surface area (Å²) in [7, 11) is 0. The van der Waals surface area contributed by atoms with Crippen LogP contribution in [0.5, 0.6) is 0 Å². The van der Waals surface area contributed by atoms with Gasteiger partial charge in [0.25, 0.3) is 0 Å². The maximum absolute atomic E-state index is 4.55. The summed E-state index contributed by atoms with van der Waals surface area (Å²) in [5.41, 5.74) is 1.03. The summed E-state index contributed by atoms with van der Waals surface area (Å²) in [4.78, 5) is 0. The van der Waals surface area contributed by atoms with Crippen molar-refractivity contribution in [3.8, 4) is 0 Å². The summed E-state index contributed by atoms with van der Waals surface area (Å²) in [6, 6.07) is 9.76. The lowest BCUT2D eigenvalue weighted by molar-refractivity contribution is -0.391. The first kappa shape index (κ1) is 5.89. The SMILES string of the molecule is C=[O+][CH-]c1ccccc1. The molecule has 0 aliphatic carbocycles. The fraction of sp³-hybridized carbons (Fsp3) is 0. The molecule has 0 saturated heterocycles. The molecule has 0 spiro atoms. The molecular formula is C8H8O. The van der Waals surface area contributed by atoms with E-state index in [1.807, 2.05) is 30.3 Å². The molecule has 0 heterocycles. The average molecular weight is 120 g/mol. The number of benzene rings is 1. The van der Waals surface area contributed by atoms with Crippen LogP contribution in [0, 0.1) is 6.61 Å². The first-order valence-electron chi connectivity index (χ1n) is 2.72. The van der Waals surface area contributed by atoms with Crippen molar-refractivity contribution >= 4 is 6.79 Å². The van der Waals surface area contributed by atoms with Crippen molar-refractivity contribution in [2.45, 2.75) is 0 Å². The summed E-state index contributed by atoms with van der Waals surface area (Å²) in [5.74, 6) is 0. The lowest BCUT2D eigenvalue weighted by Crippen LogP contribution is -1.77. The van der Waals surface area contributed by atoms with Gasteiger partial charge in [-0.3, -0.25) is 0 Å². The van der Waals surface area contributed by atoms with Gasteiger partial charge in [-0.1, -0.05) is 11.6 Å². The largest absolute Gasteiger partial charge is 0.318 e. The smallest absolute Gasteiger partial charge is 0.231 e. The van der Waals surface area contributed by atoms with Gasteiger partial charge in [0.05, 0.1) is 0 Å². The number of hydrogen-bond acceptors (Lipinski definition) is 0. The highest BCUT2D eigenvalue weighted by Crippen LogP contribution is 1.98. The van der Waals surface area contributed by atoms with Crippen LogP contribution in [-0.2, 0) is 4.42 Å². The Morgan fingerprint density at radius 1 is 1.22 bits per heavy atom. The highest BCUT2D eigenvalue weighted by atomic mass is 16.4. The zero-order chi connectivity index (χ0) is 6.53. The third kappa shape index (κ3) is 1.61. The van der Waals surface area contributed by atoms with Crippen LogP contribution in [0.15, 0.2) is 30.3 Å². The van der Waals surface area contributed by atoms with Crippen LogP contribution < -0.4 is 0 Å². The molecule has 1 nitrogen and oxygen atoms in total. The molecule has 0 fully saturated rings. The van der Waals surface area contributed by atoms with E-state index in [2.05, 4.69) is 11.2 Å². The van der Waals surface area contributed by atoms with Crippen molar-refractivity contribution in [3.05, 3.63) is 42.5 Å². The third-order valence-electron chi connectivity index (χ3n) is 1.02. The summed E-state index contributed by atoms with van der Waals surface area (Å²) < 4.78 is 4.55. The highest BCUT2D eigenvalue weighted by Gasteiger charge is 1.84. The minimum atomic E-state index is 1.03. The van der Waals surface area contributed by atoms with Gasteiger partial charge in [0.15, 0.2) is 0 Å². The van der Waals surface area contributed by atoms with Gasteiger partial charge in [-0.25, -0.2) is 0 Å². The van der Waals surface area contributed by atoms with E-state index in [-0.39, 0.29) is 0 Å². The zero-order valence-corrected chi connectivity index (χ0v) is 5.08. The van der Waals surface area contributed by atoms with Gasteiger partial charge in [-0.15, -0.1) is 24.3 Å². The van der Waals surface area contributed by atoms with E-state index < -0.39 is 0 Å². The van der Waals surface area contributed by atoms with Crippen LogP contribution in [0.3, 0.4) is 0 Å². The van der Waals surface area contributed by atoms with Crippen molar-refractivity contribution in [1.82, 2.24) is 0 Å². The molecule has 0 bridgehead atoms. The Kier molecular flexibility index (Phi) is 1.91. The highest BCUT2D eigenvalue weighted by molar-refractivity contribution is 5.21. The van der Waals surface area contributed by atoms with Crippen molar-refractivity contribution in [3.63, 3.8) is 0 Å². The second kappa shape index (κ2) is 2.92. The van der Waals surface area contributed by atoms with E-state index in [9.17, 15) is 0 Å². The first-order valence-corrected chi connectivity index (χ1v) is 2.72. The predicted molar refractivity (Wildman–Crippen MR) is 37.0 cm³/mol. The second-order valence-electron chi connectivity index (χ2n) is 1.70. The van der Waals surface area contributed by atoms with Crippen LogP contribution in [0.4, 0.5) is 0 Å². The lowest BCUT2D eigenvalue weighted by atomic mass is 10.2. The number of rotatable bonds is 2. The van der Waals surface area contributed by atoms with E-state index in [0.29, 0.717) is 0 Å². The van der Waals surface area contributed by atoms with E-state index >= 15 is 0 Å². The van der Waals surface area contributed by atoms with E-state index in [4.69, 9.17) is 0 Å². The first-order chi connectivity index (χ1) is 4.43. The fourth-order valence-electron chi connectivity index (χ4n) is 0.628. The molecule has 0 radical (unpaired) electrons. The van der Waals surface area contributed by atoms with Gasteiger partial charge >= 0.3 is 0 Å². The van der Waals surface area contributed by atoms with Crippen molar-refractivity contribution in [1.29, 1.82) is 0 Å². The Morgan fingerprint density at radius 2 is 1.89 bits per heavy atom. The van der Waals surface area contributed by atoms with Gasteiger partial charge in [-0.2, -0.15) is 0 Å². The van der Waals surface area contributed by atoms with Gasteiger partial charge in [0.1, 0.15) is 0 Å². The summed E-state index contributed by atoms with van der Waals surface area (Å²) >= 11 is 0. The van der Waals surface area contributed by atoms with Gasteiger partial charge < -0.3 is 4.42 Å². The molecular weight excluding hydrogens is 112 g/mol. The van der Waals surface area contributed by atoms with E-state index in [1.54, 1.807) is 6.61 Å². The van der Waals surface area contributed by atoms with Crippen molar-refractivity contribution in [2.75, 3.05) is 0 Å². The Labute approximate surface area is 54.6 Å². The lowest BCUT2D eigenvalue weighted by Gasteiger charge is -1.91. The summed E-state index contributed by atoms with van der Waals surface area (Å²) in [6.07, 6.45) is 0. The maximum Gasteiger partial charge on any atom is 0.231 e. The molecule has 0 amide bonds. The molecule has 0 aliphatic rings. The molecule has 1 aromatic carbocycles. The van der Waals surface area contributed by atoms with E-state index in [1.165, 1.54) is 0 Å². The van der Waals surface area contributed by atoms with Crippen molar-refractivity contribution in [2.24, 2.45) is 0 Å². The van der Waals surface area contributed by atoms with Crippen LogP contribution in [0.25, 0.3) is 0 Å². The molecule has 0 saturated carbocycles. The molecule has 1 heteroatoms. The van der Waals surface area contributed by atoms with Crippen LogP contribution >= 0.6 is 0 Å². The van der Waals surface area contributed by atoms with Crippen molar-refractivity contribution < 1.29 is 4.42 Å². The monoisotopic (exact) mass is 120 g/mol. The number of hydrogen-bond donors (Lipinski definition) is 0. The van der Waals surface area contributed by atoms with Crippen LogP contribution in [-0.4, -0.2) is 6.79 Å². The van der Waals surface area contributed by atoms with Gasteiger partial charge in [-0.05, 0) is 0 Å². The van der Waals surface area contributed by atoms with Crippen LogP contribution in [0.1, 0.15) is 5.56 Å². The molecule has 1 rings (SSSR count). The molecule has 0 N–H and O–H groups in total. The van der Waals surface area contributed by atoms with Crippen LogP contribution in [0.2, 0.25) is 0 Å². The Morgan fingerprint density at radius 3 is 2.44 bits per heavy atom. The Balaban J connectivity index is 2.72. The Hall–Kier alpha value is -1.24. The maximum atomic E-state index is 4.55. The average Bonchev–Trinajstić information content (AvgIpc) is 1.91. The molecule has 46 valence electrons. The standard InChI is InChI=1S/C8H8O/c1-9-7-8-5-3-2-4-6-8/h2-7H,1H2. The fourth-order valence-corrected chi connectivity index (χ4v) is 0.628. The van der Waals surface area contributed by atoms with Gasteiger partial charge in [0, 0.05) is 0 Å². The number of carbonyl (C=O) groups excluding carboxylic acids is 1. The third-order valence-corrected chi connectivity index (χ3v) is 1.02. The summed E-state index contributed by atoms with van der Waals surface area (Å²) in [5, 5.41) is 0. The zero-order valence-electron chi connectivity index (χ0n) is 5.08. The molecule has 9 heavy (non-hydrogen) atoms. The molecule has 0 aliphatic heterocycles. The Bertz CT molecular complexity index is 179. The minimum Gasteiger partial charge on any atom is -0.318 e. The van der Waals surface area contributed by atoms with Gasteiger partial charge in [0.2, 0.25) is 13.4 Å². The van der Waals surface area contributed by atoms with E-state index in [0.717, 1.165) is 5.56 Å². The molecule has 0 atom stereocenters. The topological polar surface area (TPSA) is 11.3 Å². The molecule has 0 unspecified atom stereocenters. The second-order valence-corrected chi connectivity index (χ2v) is 1.70. The molecule has 1 aromatic rings.